The number of esters is 1. The number of benzene rings is 1. The minimum absolute atomic E-state index is 0. The van der Waals surface area contributed by atoms with Crippen molar-refractivity contribution in [3.63, 3.8) is 0 Å². The summed E-state index contributed by atoms with van der Waals surface area (Å²) in [5.41, 5.74) is 7.06. The third kappa shape index (κ3) is 6.50. The first-order valence-corrected chi connectivity index (χ1v) is 6.77. The van der Waals surface area contributed by atoms with Crippen molar-refractivity contribution in [1.29, 1.82) is 0 Å². The Bertz CT molecular complexity index is 519. The maximum absolute atomic E-state index is 11.6. The van der Waals surface area contributed by atoms with Crippen LogP contribution in [0.4, 0.5) is 0 Å². The molecule has 0 aliphatic rings. The minimum Gasteiger partial charge on any atom is -0.496 e. The average molecular weight is 421 g/mol. The minimum atomic E-state index is -0.431. The molecular formula is C15H24IN3O3. The first-order chi connectivity index (χ1) is 9.97. The van der Waals surface area contributed by atoms with Crippen LogP contribution >= 0.6 is 24.0 Å². The van der Waals surface area contributed by atoms with Crippen LogP contribution in [0, 0.1) is 5.92 Å². The van der Waals surface area contributed by atoms with E-state index in [-0.39, 0.29) is 24.0 Å². The Morgan fingerprint density at radius 1 is 1.36 bits per heavy atom. The molecule has 124 valence electrons. The highest BCUT2D eigenvalue weighted by atomic mass is 127. The van der Waals surface area contributed by atoms with Gasteiger partial charge in [-0.25, -0.2) is 9.79 Å². The molecule has 3 N–H and O–H groups in total. The fourth-order valence-electron chi connectivity index (χ4n) is 1.65. The van der Waals surface area contributed by atoms with Crippen LogP contribution in [-0.2, 0) is 11.3 Å². The molecule has 1 rings (SSSR count). The topological polar surface area (TPSA) is 85.9 Å². The second-order valence-electron chi connectivity index (χ2n) is 5.00. The quantitative estimate of drug-likeness (QED) is 0.318. The lowest BCUT2D eigenvalue weighted by Crippen LogP contribution is -2.34. The second-order valence-corrected chi connectivity index (χ2v) is 5.00. The van der Waals surface area contributed by atoms with Gasteiger partial charge in [-0.2, -0.15) is 0 Å². The molecule has 6 nitrogen and oxygen atoms in total. The van der Waals surface area contributed by atoms with Gasteiger partial charge in [-0.15, -0.1) is 24.0 Å². The Morgan fingerprint density at radius 2 is 2.05 bits per heavy atom. The number of carbonyl (C=O) groups excluding carboxylic acids is 1. The predicted molar refractivity (Wildman–Crippen MR) is 97.9 cm³/mol. The van der Waals surface area contributed by atoms with Crippen molar-refractivity contribution in [1.82, 2.24) is 5.32 Å². The van der Waals surface area contributed by atoms with E-state index in [1.165, 1.54) is 14.2 Å². The normalized spacial score (nSPS) is 10.9. The highest BCUT2D eigenvalue weighted by Crippen LogP contribution is 2.21. The first kappa shape index (κ1) is 20.5. The summed E-state index contributed by atoms with van der Waals surface area (Å²) in [5.74, 6) is 0.932. The molecule has 0 atom stereocenters. The molecule has 0 heterocycles. The first-order valence-electron chi connectivity index (χ1n) is 6.77. The number of nitrogens with one attached hydrogen (secondary N) is 1. The number of ether oxygens (including phenoxy) is 2. The van der Waals surface area contributed by atoms with Gasteiger partial charge < -0.3 is 20.5 Å². The van der Waals surface area contributed by atoms with Gasteiger partial charge in [-0.1, -0.05) is 19.9 Å². The van der Waals surface area contributed by atoms with Crippen LogP contribution in [0.1, 0.15) is 29.8 Å². The molecule has 1 aromatic carbocycles. The van der Waals surface area contributed by atoms with Crippen molar-refractivity contribution < 1.29 is 14.3 Å². The molecule has 0 amide bonds. The van der Waals surface area contributed by atoms with Crippen LogP contribution in [0.5, 0.6) is 5.75 Å². The predicted octanol–water partition coefficient (Wildman–Crippen LogP) is 2.16. The maximum atomic E-state index is 11.6. The Labute approximate surface area is 148 Å². The molecule has 7 heteroatoms. The Balaban J connectivity index is 0.00000441. The van der Waals surface area contributed by atoms with E-state index >= 15 is 0 Å². The Kier molecular flexibility index (Phi) is 9.55. The number of guanidine groups is 1. The van der Waals surface area contributed by atoms with Crippen LogP contribution in [0.3, 0.4) is 0 Å². The molecule has 0 bridgehead atoms. The largest absolute Gasteiger partial charge is 0.496 e. The highest BCUT2D eigenvalue weighted by Gasteiger charge is 2.12. The summed E-state index contributed by atoms with van der Waals surface area (Å²) in [6.45, 7) is 5.38. The summed E-state index contributed by atoms with van der Waals surface area (Å²) in [7, 11) is 2.84. The maximum Gasteiger partial charge on any atom is 0.341 e. The van der Waals surface area contributed by atoms with Gasteiger partial charge in [0, 0.05) is 6.54 Å². The molecule has 0 unspecified atom stereocenters. The third-order valence-corrected chi connectivity index (χ3v) is 2.79. The van der Waals surface area contributed by atoms with Gasteiger partial charge >= 0.3 is 5.97 Å². The number of methoxy groups -OCH3 is 2. The molecular weight excluding hydrogens is 397 g/mol. The summed E-state index contributed by atoms with van der Waals surface area (Å²) in [6.07, 6.45) is 0. The summed E-state index contributed by atoms with van der Waals surface area (Å²) in [4.78, 5) is 15.8. The summed E-state index contributed by atoms with van der Waals surface area (Å²) in [6, 6.07) is 5.22. The number of aliphatic imine (C=N–C) groups is 1. The summed E-state index contributed by atoms with van der Waals surface area (Å²) in [5, 5.41) is 3.04. The zero-order valence-corrected chi connectivity index (χ0v) is 15.7. The van der Waals surface area contributed by atoms with Gasteiger partial charge in [0.25, 0.3) is 0 Å². The lowest BCUT2D eigenvalue weighted by Gasteiger charge is -2.09. The van der Waals surface area contributed by atoms with Crippen LogP contribution in [0.25, 0.3) is 0 Å². The van der Waals surface area contributed by atoms with Crippen LogP contribution < -0.4 is 15.8 Å². The molecule has 0 fully saturated rings. The number of carbonyl (C=O) groups is 1. The lowest BCUT2D eigenvalue weighted by molar-refractivity contribution is 0.0597. The third-order valence-electron chi connectivity index (χ3n) is 2.79. The number of hydrogen-bond acceptors (Lipinski definition) is 4. The molecule has 0 saturated heterocycles. The number of halogens is 1. The fourth-order valence-corrected chi connectivity index (χ4v) is 1.65. The van der Waals surface area contributed by atoms with E-state index in [0.29, 0.717) is 29.7 Å². The highest BCUT2D eigenvalue weighted by molar-refractivity contribution is 14.0. The SMILES string of the molecule is COC(=O)c1ccc(CN=C(N)NCC(C)C)cc1OC.I. The second kappa shape index (κ2) is 10.3. The van der Waals surface area contributed by atoms with Crippen molar-refractivity contribution >= 4 is 35.9 Å². The Hall–Kier alpha value is -1.51. The molecule has 0 saturated carbocycles. The summed E-state index contributed by atoms with van der Waals surface area (Å²) < 4.78 is 9.89. The van der Waals surface area contributed by atoms with E-state index in [4.69, 9.17) is 15.2 Å². The Morgan fingerprint density at radius 3 is 2.59 bits per heavy atom. The molecule has 1 aromatic rings. The zero-order valence-electron chi connectivity index (χ0n) is 13.4. The molecule has 0 aliphatic heterocycles. The van der Waals surface area contributed by atoms with Crippen LogP contribution in [-0.4, -0.2) is 32.7 Å². The van der Waals surface area contributed by atoms with E-state index < -0.39 is 5.97 Å². The fraction of sp³-hybridized carbons (Fsp3) is 0.467. The van der Waals surface area contributed by atoms with Crippen LogP contribution in [0.15, 0.2) is 23.2 Å². The molecule has 0 radical (unpaired) electrons. The van der Waals surface area contributed by atoms with Gasteiger partial charge in [0.1, 0.15) is 11.3 Å². The van der Waals surface area contributed by atoms with Crippen molar-refractivity contribution in [2.45, 2.75) is 20.4 Å². The van der Waals surface area contributed by atoms with Crippen molar-refractivity contribution in [2.75, 3.05) is 20.8 Å². The van der Waals surface area contributed by atoms with E-state index in [0.717, 1.165) is 12.1 Å². The van der Waals surface area contributed by atoms with Gasteiger partial charge in [0.05, 0.1) is 20.8 Å². The average Bonchev–Trinajstić information content (AvgIpc) is 2.49. The van der Waals surface area contributed by atoms with Gasteiger partial charge in [0.15, 0.2) is 5.96 Å². The molecule has 22 heavy (non-hydrogen) atoms. The lowest BCUT2D eigenvalue weighted by atomic mass is 10.1. The van der Waals surface area contributed by atoms with Gasteiger partial charge in [0.2, 0.25) is 0 Å². The number of rotatable bonds is 6. The van der Waals surface area contributed by atoms with Gasteiger partial charge in [-0.3, -0.25) is 0 Å². The van der Waals surface area contributed by atoms with Crippen LogP contribution in [0.2, 0.25) is 0 Å². The smallest absolute Gasteiger partial charge is 0.341 e. The summed E-state index contributed by atoms with van der Waals surface area (Å²) >= 11 is 0. The van der Waals surface area contributed by atoms with Crippen molar-refractivity contribution in [3.8, 4) is 5.75 Å². The zero-order chi connectivity index (χ0) is 15.8. The van der Waals surface area contributed by atoms with E-state index in [1.54, 1.807) is 18.2 Å². The number of hydrogen-bond donors (Lipinski definition) is 2. The van der Waals surface area contributed by atoms with Crippen molar-refractivity contribution in [3.05, 3.63) is 29.3 Å². The van der Waals surface area contributed by atoms with Gasteiger partial charge in [-0.05, 0) is 23.6 Å². The number of nitrogens with two attached hydrogens (primary N) is 1. The van der Waals surface area contributed by atoms with E-state index in [9.17, 15) is 4.79 Å². The van der Waals surface area contributed by atoms with Crippen molar-refractivity contribution in [2.24, 2.45) is 16.6 Å². The molecule has 0 aliphatic carbocycles. The van der Waals surface area contributed by atoms with E-state index in [1.807, 2.05) is 0 Å². The monoisotopic (exact) mass is 421 g/mol. The molecule has 0 spiro atoms. The number of nitrogens with zero attached hydrogens (tertiary/aromatic N) is 1. The van der Waals surface area contributed by atoms with E-state index in [2.05, 4.69) is 24.2 Å². The molecule has 0 aromatic heterocycles. The standard InChI is InChI=1S/C15H23N3O3.HI/c1-10(2)8-17-15(16)18-9-11-5-6-12(14(19)21-4)13(7-11)20-3;/h5-7,10H,8-9H2,1-4H3,(H3,16,17,18);1H.